The van der Waals surface area contributed by atoms with Crippen LogP contribution in [0.2, 0.25) is 5.02 Å². The molecule has 0 radical (unpaired) electrons. The lowest BCUT2D eigenvalue weighted by Gasteiger charge is -2.12. The van der Waals surface area contributed by atoms with E-state index in [0.717, 1.165) is 6.07 Å². The Kier molecular flexibility index (Phi) is 4.51. The fourth-order valence-electron chi connectivity index (χ4n) is 1.80. The average Bonchev–Trinajstić information content (AvgIpc) is 2.44. The van der Waals surface area contributed by atoms with Crippen molar-refractivity contribution in [3.8, 4) is 0 Å². The third kappa shape index (κ3) is 3.34. The molecule has 0 amide bonds. The summed E-state index contributed by atoms with van der Waals surface area (Å²) in [6.45, 7) is 1.80. The topological polar surface area (TPSA) is 72.2 Å². The van der Waals surface area contributed by atoms with Gasteiger partial charge < -0.3 is 5.73 Å². The highest BCUT2D eigenvalue weighted by molar-refractivity contribution is 7.92. The van der Waals surface area contributed by atoms with Crippen LogP contribution < -0.4 is 10.5 Å². The Morgan fingerprint density at radius 1 is 1.29 bits per heavy atom. The molecule has 21 heavy (non-hydrogen) atoms. The zero-order valence-corrected chi connectivity index (χ0v) is 12.8. The summed E-state index contributed by atoms with van der Waals surface area (Å²) >= 11 is 5.94. The van der Waals surface area contributed by atoms with Crippen LogP contribution in [0.25, 0.3) is 0 Å². The van der Waals surface area contributed by atoms with Crippen LogP contribution in [-0.4, -0.2) is 8.42 Å². The van der Waals surface area contributed by atoms with E-state index in [1.54, 1.807) is 25.1 Å². The molecule has 2 aromatic carbocycles. The number of anilines is 1. The summed E-state index contributed by atoms with van der Waals surface area (Å²) in [7, 11) is -4.06. The first-order chi connectivity index (χ1) is 9.85. The highest BCUT2D eigenvalue weighted by Gasteiger charge is 2.20. The molecular weight excluding hydrogens is 315 g/mol. The molecule has 2 aromatic rings. The largest absolute Gasteiger partial charge is 0.326 e. The van der Waals surface area contributed by atoms with Gasteiger partial charge in [-0.3, -0.25) is 4.72 Å². The molecule has 0 spiro atoms. The van der Waals surface area contributed by atoms with Gasteiger partial charge in [0.2, 0.25) is 0 Å². The van der Waals surface area contributed by atoms with E-state index < -0.39 is 20.7 Å². The lowest BCUT2D eigenvalue weighted by Crippen LogP contribution is -2.16. The van der Waals surface area contributed by atoms with Gasteiger partial charge in [-0.2, -0.15) is 0 Å². The molecule has 4 nitrogen and oxygen atoms in total. The Hall–Kier alpha value is -1.63. The molecule has 0 saturated carbocycles. The normalized spacial score (nSPS) is 11.4. The number of hydrogen-bond donors (Lipinski definition) is 2. The zero-order chi connectivity index (χ0) is 15.6. The summed E-state index contributed by atoms with van der Waals surface area (Å²) in [6, 6.07) is 8.56. The second-order valence-electron chi connectivity index (χ2n) is 4.49. The number of nitrogens with two attached hydrogens (primary N) is 1. The van der Waals surface area contributed by atoms with E-state index in [-0.39, 0.29) is 6.54 Å². The highest BCUT2D eigenvalue weighted by Crippen LogP contribution is 2.26. The summed E-state index contributed by atoms with van der Waals surface area (Å²) in [4.78, 5) is -0.440. The number of sulfonamides is 1. The molecule has 112 valence electrons. The Morgan fingerprint density at radius 2 is 2.00 bits per heavy atom. The number of rotatable bonds is 4. The van der Waals surface area contributed by atoms with Crippen LogP contribution in [0.3, 0.4) is 0 Å². The van der Waals surface area contributed by atoms with E-state index in [4.69, 9.17) is 17.3 Å². The number of hydrogen-bond acceptors (Lipinski definition) is 3. The lowest BCUT2D eigenvalue weighted by molar-refractivity contribution is 0.569. The molecule has 2 rings (SSSR count). The molecule has 0 atom stereocenters. The molecule has 0 fully saturated rings. The maximum atomic E-state index is 13.8. The quantitative estimate of drug-likeness (QED) is 0.906. The second-order valence-corrected chi connectivity index (χ2v) is 6.54. The zero-order valence-electron chi connectivity index (χ0n) is 11.2. The maximum Gasteiger partial charge on any atom is 0.264 e. The van der Waals surface area contributed by atoms with E-state index in [0.29, 0.717) is 21.8 Å². The van der Waals surface area contributed by atoms with Crippen LogP contribution in [0, 0.1) is 12.7 Å². The Morgan fingerprint density at radius 3 is 2.67 bits per heavy atom. The smallest absolute Gasteiger partial charge is 0.264 e. The fraction of sp³-hybridized carbons (Fsp3) is 0.143. The molecule has 0 aliphatic rings. The minimum absolute atomic E-state index is 0.124. The third-order valence-corrected chi connectivity index (χ3v) is 4.82. The molecule has 3 N–H and O–H groups in total. The molecule has 0 unspecified atom stereocenters. The van der Waals surface area contributed by atoms with Gasteiger partial charge in [0.15, 0.2) is 0 Å². The molecule has 0 bridgehead atoms. The SMILES string of the molecule is Cc1c(Cl)cccc1NS(=O)(=O)c1cc(CN)ccc1F. The van der Waals surface area contributed by atoms with Gasteiger partial charge in [0.05, 0.1) is 5.69 Å². The second kappa shape index (κ2) is 6.01. The monoisotopic (exact) mass is 328 g/mol. The van der Waals surface area contributed by atoms with E-state index in [2.05, 4.69) is 4.72 Å². The van der Waals surface area contributed by atoms with Crippen molar-refractivity contribution in [3.05, 3.63) is 58.4 Å². The molecule has 0 saturated heterocycles. The number of halogens is 2. The van der Waals surface area contributed by atoms with Crippen LogP contribution >= 0.6 is 11.6 Å². The van der Waals surface area contributed by atoms with Crippen molar-refractivity contribution in [2.45, 2.75) is 18.4 Å². The van der Waals surface area contributed by atoms with Crippen LogP contribution in [0.15, 0.2) is 41.3 Å². The predicted octanol–water partition coefficient (Wildman–Crippen LogP) is 3.05. The van der Waals surface area contributed by atoms with Crippen molar-refractivity contribution >= 4 is 27.3 Å². The van der Waals surface area contributed by atoms with Crippen LogP contribution in [-0.2, 0) is 16.6 Å². The fourth-order valence-corrected chi connectivity index (χ4v) is 3.22. The summed E-state index contributed by atoms with van der Waals surface area (Å²) in [5.41, 5.74) is 6.85. The average molecular weight is 329 g/mol. The van der Waals surface area contributed by atoms with Crippen molar-refractivity contribution < 1.29 is 12.8 Å². The first kappa shape index (κ1) is 15.8. The number of benzene rings is 2. The first-order valence-electron chi connectivity index (χ1n) is 6.11. The van der Waals surface area contributed by atoms with Gasteiger partial charge in [0, 0.05) is 11.6 Å². The van der Waals surface area contributed by atoms with Gasteiger partial charge in [-0.25, -0.2) is 12.8 Å². The van der Waals surface area contributed by atoms with E-state index in [1.165, 1.54) is 12.1 Å². The lowest BCUT2D eigenvalue weighted by atomic mass is 10.2. The van der Waals surface area contributed by atoms with Crippen LogP contribution in [0.5, 0.6) is 0 Å². The molecule has 0 heterocycles. The Labute approximate surface area is 127 Å². The molecule has 7 heteroatoms. The van der Waals surface area contributed by atoms with Crippen molar-refractivity contribution in [2.24, 2.45) is 5.73 Å². The predicted molar refractivity (Wildman–Crippen MR) is 81.3 cm³/mol. The Balaban J connectivity index is 2.46. The highest BCUT2D eigenvalue weighted by atomic mass is 35.5. The van der Waals surface area contributed by atoms with E-state index in [9.17, 15) is 12.8 Å². The third-order valence-electron chi connectivity index (χ3n) is 3.03. The van der Waals surface area contributed by atoms with E-state index >= 15 is 0 Å². The van der Waals surface area contributed by atoms with Gasteiger partial charge in [-0.1, -0.05) is 23.7 Å². The van der Waals surface area contributed by atoms with E-state index in [1.807, 2.05) is 0 Å². The minimum Gasteiger partial charge on any atom is -0.326 e. The Bertz CT molecular complexity index is 779. The minimum atomic E-state index is -4.06. The standard InChI is InChI=1S/C14H14ClFN2O2S/c1-9-11(15)3-2-4-13(9)18-21(19,20)14-7-10(8-17)5-6-12(14)16/h2-7,18H,8,17H2,1H3. The molecule has 0 aliphatic heterocycles. The van der Waals surface area contributed by atoms with Crippen molar-refractivity contribution in [1.29, 1.82) is 0 Å². The van der Waals surface area contributed by atoms with Gasteiger partial charge in [0.25, 0.3) is 10.0 Å². The summed E-state index contributed by atoms with van der Waals surface area (Å²) in [5.74, 6) is -0.834. The van der Waals surface area contributed by atoms with Crippen molar-refractivity contribution in [2.75, 3.05) is 4.72 Å². The van der Waals surface area contributed by atoms with Crippen LogP contribution in [0.4, 0.5) is 10.1 Å². The molecule has 0 aliphatic carbocycles. The summed E-state index contributed by atoms with van der Waals surface area (Å²) in [5, 5.41) is 0.423. The van der Waals surface area contributed by atoms with Gasteiger partial charge >= 0.3 is 0 Å². The molecule has 0 aromatic heterocycles. The number of nitrogens with one attached hydrogen (secondary N) is 1. The summed E-state index contributed by atoms with van der Waals surface area (Å²) < 4.78 is 40.8. The van der Waals surface area contributed by atoms with Crippen LogP contribution in [0.1, 0.15) is 11.1 Å². The first-order valence-corrected chi connectivity index (χ1v) is 7.97. The van der Waals surface area contributed by atoms with Gasteiger partial charge in [0.1, 0.15) is 10.7 Å². The van der Waals surface area contributed by atoms with Crippen molar-refractivity contribution in [1.82, 2.24) is 0 Å². The summed E-state index contributed by atoms with van der Waals surface area (Å²) in [6.07, 6.45) is 0. The molecular formula is C14H14ClFN2O2S. The van der Waals surface area contributed by atoms with Crippen molar-refractivity contribution in [3.63, 3.8) is 0 Å². The maximum absolute atomic E-state index is 13.8. The van der Waals surface area contributed by atoms with Gasteiger partial charge in [-0.05, 0) is 42.3 Å². The van der Waals surface area contributed by atoms with Gasteiger partial charge in [-0.15, -0.1) is 0 Å².